The number of ether oxygens (including phenoxy) is 1. The summed E-state index contributed by atoms with van der Waals surface area (Å²) in [5.74, 6) is -0.404. The number of anilines is 1. The number of amides is 1. The van der Waals surface area contributed by atoms with Crippen molar-refractivity contribution in [2.24, 2.45) is 5.92 Å². The number of methoxy groups -OCH3 is 1. The predicted octanol–water partition coefficient (Wildman–Crippen LogP) is 3.58. The summed E-state index contributed by atoms with van der Waals surface area (Å²) in [6.45, 7) is 1.77. The number of rotatable bonds is 5. The maximum Gasteiger partial charge on any atom is 0.227 e. The zero-order chi connectivity index (χ0) is 17.0. The van der Waals surface area contributed by atoms with E-state index in [-0.39, 0.29) is 23.3 Å². The summed E-state index contributed by atoms with van der Waals surface area (Å²) in [4.78, 5) is 12.3. The lowest BCUT2D eigenvalue weighted by Crippen LogP contribution is -2.22. The van der Waals surface area contributed by atoms with Gasteiger partial charge < -0.3 is 20.3 Å². The molecular weight excluding hydrogens is 318 g/mol. The van der Waals surface area contributed by atoms with Gasteiger partial charge in [-0.25, -0.2) is 0 Å². The molecule has 2 rings (SSSR count). The number of carbonyl (C=O) groups is 1. The summed E-state index contributed by atoms with van der Waals surface area (Å²) in [5, 5.41) is 22.1. The minimum atomic E-state index is -0.345. The van der Waals surface area contributed by atoms with E-state index < -0.39 is 0 Å². The van der Waals surface area contributed by atoms with Gasteiger partial charge in [0.15, 0.2) is 11.5 Å². The van der Waals surface area contributed by atoms with Crippen LogP contribution in [-0.4, -0.2) is 23.2 Å². The maximum atomic E-state index is 12.3. The molecule has 0 saturated heterocycles. The molecule has 0 saturated carbocycles. The Morgan fingerprint density at radius 3 is 2.61 bits per heavy atom. The lowest BCUT2D eigenvalue weighted by molar-refractivity contribution is -0.119. The fourth-order valence-corrected chi connectivity index (χ4v) is 2.35. The van der Waals surface area contributed by atoms with E-state index in [1.807, 2.05) is 0 Å². The van der Waals surface area contributed by atoms with Gasteiger partial charge in [-0.1, -0.05) is 24.6 Å². The van der Waals surface area contributed by atoms with Crippen molar-refractivity contribution in [3.63, 3.8) is 0 Å². The molecule has 6 heteroatoms. The van der Waals surface area contributed by atoms with Crippen LogP contribution >= 0.6 is 11.6 Å². The van der Waals surface area contributed by atoms with Crippen LogP contribution in [0, 0.1) is 5.92 Å². The summed E-state index contributed by atoms with van der Waals surface area (Å²) in [5.41, 5.74) is 1.26. The highest BCUT2D eigenvalue weighted by Crippen LogP contribution is 2.29. The van der Waals surface area contributed by atoms with E-state index in [1.165, 1.54) is 19.2 Å². The standard InChI is InChI=1S/C17H18ClNO4/c1-10(7-11-3-5-14(20)15(21)8-11)17(22)19-13-9-12(18)4-6-16(13)23-2/h3-6,8-10,20-21H,7H2,1-2H3,(H,19,22). The zero-order valence-electron chi connectivity index (χ0n) is 12.8. The lowest BCUT2D eigenvalue weighted by atomic mass is 10.00. The minimum absolute atomic E-state index is 0.186. The van der Waals surface area contributed by atoms with E-state index in [2.05, 4.69) is 5.32 Å². The molecule has 23 heavy (non-hydrogen) atoms. The van der Waals surface area contributed by atoms with Crippen molar-refractivity contribution in [2.45, 2.75) is 13.3 Å². The molecule has 0 heterocycles. The fourth-order valence-electron chi connectivity index (χ4n) is 2.18. The number of halogens is 1. The second-order valence-corrected chi connectivity index (χ2v) is 5.70. The predicted molar refractivity (Wildman–Crippen MR) is 89.3 cm³/mol. The van der Waals surface area contributed by atoms with Crippen molar-refractivity contribution in [1.82, 2.24) is 0 Å². The molecular formula is C17H18ClNO4. The molecule has 0 bridgehead atoms. The molecule has 3 N–H and O–H groups in total. The van der Waals surface area contributed by atoms with Gasteiger partial charge in [0, 0.05) is 10.9 Å². The molecule has 0 aliphatic heterocycles. The van der Waals surface area contributed by atoms with Gasteiger partial charge in [-0.3, -0.25) is 4.79 Å². The van der Waals surface area contributed by atoms with Gasteiger partial charge in [0.05, 0.1) is 12.8 Å². The zero-order valence-corrected chi connectivity index (χ0v) is 13.6. The van der Waals surface area contributed by atoms with Gasteiger partial charge in [-0.15, -0.1) is 0 Å². The molecule has 5 nitrogen and oxygen atoms in total. The van der Waals surface area contributed by atoms with Crippen LogP contribution in [0.25, 0.3) is 0 Å². The third-order valence-electron chi connectivity index (χ3n) is 3.45. The van der Waals surface area contributed by atoms with Gasteiger partial charge in [-0.05, 0) is 42.3 Å². The Balaban J connectivity index is 2.08. The number of phenolic OH excluding ortho intramolecular Hbond substituents is 2. The Bertz CT molecular complexity index is 718. The van der Waals surface area contributed by atoms with E-state index in [0.717, 1.165) is 5.56 Å². The van der Waals surface area contributed by atoms with Crippen molar-refractivity contribution >= 4 is 23.2 Å². The van der Waals surface area contributed by atoms with E-state index >= 15 is 0 Å². The lowest BCUT2D eigenvalue weighted by Gasteiger charge is -2.15. The van der Waals surface area contributed by atoms with E-state index in [1.54, 1.807) is 31.2 Å². The van der Waals surface area contributed by atoms with Crippen LogP contribution in [0.4, 0.5) is 5.69 Å². The van der Waals surface area contributed by atoms with Crippen LogP contribution in [0.3, 0.4) is 0 Å². The second kappa shape index (κ2) is 7.24. The summed E-state index contributed by atoms with van der Waals surface area (Å²) < 4.78 is 5.19. The van der Waals surface area contributed by atoms with Crippen molar-refractivity contribution in [3.05, 3.63) is 47.0 Å². The average Bonchev–Trinajstić information content (AvgIpc) is 2.51. The topological polar surface area (TPSA) is 78.8 Å². The first kappa shape index (κ1) is 17.0. The van der Waals surface area contributed by atoms with Crippen LogP contribution in [0.15, 0.2) is 36.4 Å². The largest absolute Gasteiger partial charge is 0.504 e. The Morgan fingerprint density at radius 1 is 1.22 bits per heavy atom. The van der Waals surface area contributed by atoms with Gasteiger partial charge in [0.2, 0.25) is 5.91 Å². The van der Waals surface area contributed by atoms with Gasteiger partial charge >= 0.3 is 0 Å². The van der Waals surface area contributed by atoms with E-state index in [0.29, 0.717) is 22.9 Å². The smallest absolute Gasteiger partial charge is 0.227 e. The van der Waals surface area contributed by atoms with Gasteiger partial charge in [0.1, 0.15) is 5.75 Å². The molecule has 122 valence electrons. The summed E-state index contributed by atoms with van der Waals surface area (Å²) in [6, 6.07) is 9.49. The molecule has 0 aliphatic carbocycles. The molecule has 1 atom stereocenters. The molecule has 0 aliphatic rings. The summed E-state index contributed by atoms with van der Waals surface area (Å²) in [6.07, 6.45) is 0.419. The SMILES string of the molecule is COc1ccc(Cl)cc1NC(=O)C(C)Cc1ccc(O)c(O)c1. The number of hydrogen-bond donors (Lipinski definition) is 3. The van der Waals surface area contributed by atoms with Crippen LogP contribution < -0.4 is 10.1 Å². The second-order valence-electron chi connectivity index (χ2n) is 5.26. The normalized spacial score (nSPS) is 11.8. The molecule has 0 fully saturated rings. The molecule has 1 amide bonds. The minimum Gasteiger partial charge on any atom is -0.504 e. The van der Waals surface area contributed by atoms with Crippen LogP contribution in [0.1, 0.15) is 12.5 Å². The molecule has 0 radical (unpaired) electrons. The number of benzene rings is 2. The summed E-state index contributed by atoms with van der Waals surface area (Å²) in [7, 11) is 1.52. The number of hydrogen-bond acceptors (Lipinski definition) is 4. The van der Waals surface area contributed by atoms with Crippen molar-refractivity contribution in [1.29, 1.82) is 0 Å². The molecule has 2 aromatic carbocycles. The number of phenols is 2. The Kier molecular flexibility index (Phi) is 5.34. The Morgan fingerprint density at radius 2 is 1.96 bits per heavy atom. The van der Waals surface area contributed by atoms with Crippen molar-refractivity contribution in [2.75, 3.05) is 12.4 Å². The Labute approximate surface area is 139 Å². The third-order valence-corrected chi connectivity index (χ3v) is 3.68. The quantitative estimate of drug-likeness (QED) is 0.730. The average molecular weight is 336 g/mol. The fraction of sp³-hybridized carbons (Fsp3) is 0.235. The third kappa shape index (κ3) is 4.29. The number of carbonyl (C=O) groups excluding carboxylic acids is 1. The highest BCUT2D eigenvalue weighted by atomic mass is 35.5. The molecule has 1 unspecified atom stereocenters. The summed E-state index contributed by atoms with van der Waals surface area (Å²) >= 11 is 5.94. The number of aromatic hydroxyl groups is 2. The first-order chi connectivity index (χ1) is 10.9. The first-order valence-corrected chi connectivity index (χ1v) is 7.43. The van der Waals surface area contributed by atoms with Crippen LogP contribution in [0.5, 0.6) is 17.2 Å². The first-order valence-electron chi connectivity index (χ1n) is 7.06. The van der Waals surface area contributed by atoms with Crippen LogP contribution in [-0.2, 0) is 11.2 Å². The van der Waals surface area contributed by atoms with E-state index in [4.69, 9.17) is 16.3 Å². The molecule has 2 aromatic rings. The van der Waals surface area contributed by atoms with Gasteiger partial charge in [-0.2, -0.15) is 0 Å². The van der Waals surface area contributed by atoms with Gasteiger partial charge in [0.25, 0.3) is 0 Å². The maximum absolute atomic E-state index is 12.3. The van der Waals surface area contributed by atoms with Crippen molar-refractivity contribution in [3.8, 4) is 17.2 Å². The van der Waals surface area contributed by atoms with E-state index in [9.17, 15) is 15.0 Å². The molecule has 0 aromatic heterocycles. The molecule has 0 spiro atoms. The monoisotopic (exact) mass is 335 g/mol. The highest BCUT2D eigenvalue weighted by molar-refractivity contribution is 6.31. The number of nitrogens with one attached hydrogen (secondary N) is 1. The van der Waals surface area contributed by atoms with Crippen LogP contribution in [0.2, 0.25) is 5.02 Å². The highest BCUT2D eigenvalue weighted by Gasteiger charge is 2.16. The Hall–Kier alpha value is -2.40. The van der Waals surface area contributed by atoms with Crippen molar-refractivity contribution < 1.29 is 19.7 Å².